The van der Waals surface area contributed by atoms with E-state index in [0.717, 1.165) is 38.4 Å². The normalized spacial score (nSPS) is 37.2. The average molecular weight is 241 g/mol. The molecule has 3 nitrogen and oxygen atoms in total. The summed E-state index contributed by atoms with van der Waals surface area (Å²) in [6.07, 6.45) is 6.57. The number of hydrogen-bond donors (Lipinski definition) is 2. The Morgan fingerprint density at radius 3 is 2.24 bits per heavy atom. The second-order valence-corrected chi connectivity index (χ2v) is 6.35. The molecule has 1 heterocycles. The van der Waals surface area contributed by atoms with Crippen molar-refractivity contribution in [2.45, 2.75) is 51.6 Å². The van der Waals surface area contributed by atoms with Crippen molar-refractivity contribution in [2.24, 2.45) is 11.3 Å². The van der Waals surface area contributed by atoms with E-state index in [2.05, 4.69) is 11.8 Å². The van der Waals surface area contributed by atoms with E-state index in [4.69, 9.17) is 0 Å². The molecule has 0 aromatic heterocycles. The van der Waals surface area contributed by atoms with Crippen LogP contribution >= 0.6 is 0 Å². The van der Waals surface area contributed by atoms with Crippen LogP contribution in [-0.2, 0) is 0 Å². The Labute approximate surface area is 105 Å². The Kier molecular flexibility index (Phi) is 4.45. The first-order valence-corrected chi connectivity index (χ1v) is 7.15. The van der Waals surface area contributed by atoms with Gasteiger partial charge in [0.25, 0.3) is 0 Å². The van der Waals surface area contributed by atoms with Gasteiger partial charge in [-0.25, -0.2) is 0 Å². The van der Waals surface area contributed by atoms with Crippen LogP contribution in [0.15, 0.2) is 0 Å². The van der Waals surface area contributed by atoms with E-state index in [0.29, 0.717) is 6.61 Å². The van der Waals surface area contributed by atoms with Gasteiger partial charge < -0.3 is 15.1 Å². The minimum absolute atomic E-state index is 0.0947. The Bertz CT molecular complexity index is 228. The van der Waals surface area contributed by atoms with Gasteiger partial charge in [-0.3, -0.25) is 0 Å². The quantitative estimate of drug-likeness (QED) is 0.789. The molecule has 1 aliphatic heterocycles. The van der Waals surface area contributed by atoms with E-state index in [1.165, 1.54) is 25.7 Å². The fourth-order valence-corrected chi connectivity index (χ4v) is 3.29. The molecule has 0 aromatic carbocycles. The molecule has 17 heavy (non-hydrogen) atoms. The second kappa shape index (κ2) is 5.68. The van der Waals surface area contributed by atoms with Crippen molar-refractivity contribution in [2.75, 3.05) is 26.2 Å². The number of nitrogens with zero attached hydrogens (tertiary/aromatic N) is 1. The SMILES string of the molecule is CC1CCC(CO)(CN2CCC(O)CC2)CC1. The van der Waals surface area contributed by atoms with Gasteiger partial charge in [-0.2, -0.15) is 0 Å². The predicted molar refractivity (Wildman–Crippen MR) is 68.8 cm³/mol. The van der Waals surface area contributed by atoms with Crippen LogP contribution in [0.3, 0.4) is 0 Å². The molecular formula is C14H27NO2. The first-order valence-electron chi connectivity index (χ1n) is 7.15. The lowest BCUT2D eigenvalue weighted by Crippen LogP contribution is -2.46. The third-order valence-electron chi connectivity index (χ3n) is 4.79. The number of aliphatic hydroxyl groups excluding tert-OH is 2. The third kappa shape index (κ3) is 3.43. The van der Waals surface area contributed by atoms with Gasteiger partial charge in [-0.1, -0.05) is 19.8 Å². The molecule has 0 unspecified atom stereocenters. The van der Waals surface area contributed by atoms with Crippen molar-refractivity contribution < 1.29 is 10.2 Å². The summed E-state index contributed by atoms with van der Waals surface area (Å²) in [5, 5.41) is 19.2. The van der Waals surface area contributed by atoms with Crippen LogP contribution in [0.4, 0.5) is 0 Å². The highest BCUT2D eigenvalue weighted by atomic mass is 16.3. The van der Waals surface area contributed by atoms with Gasteiger partial charge in [-0.05, 0) is 31.6 Å². The summed E-state index contributed by atoms with van der Waals surface area (Å²) in [6.45, 7) is 5.68. The maximum absolute atomic E-state index is 9.73. The molecule has 1 saturated carbocycles. The molecule has 0 radical (unpaired) electrons. The van der Waals surface area contributed by atoms with Crippen molar-refractivity contribution in [3.05, 3.63) is 0 Å². The van der Waals surface area contributed by atoms with Crippen LogP contribution in [0.2, 0.25) is 0 Å². The minimum Gasteiger partial charge on any atom is -0.396 e. The number of aliphatic hydroxyl groups is 2. The molecule has 2 rings (SSSR count). The van der Waals surface area contributed by atoms with Gasteiger partial charge in [-0.15, -0.1) is 0 Å². The topological polar surface area (TPSA) is 43.7 Å². The molecule has 0 aromatic rings. The first-order chi connectivity index (χ1) is 8.13. The lowest BCUT2D eigenvalue weighted by atomic mass is 9.71. The monoisotopic (exact) mass is 241 g/mol. The summed E-state index contributed by atoms with van der Waals surface area (Å²) in [5.74, 6) is 0.831. The van der Waals surface area contributed by atoms with E-state index in [9.17, 15) is 10.2 Å². The Hall–Kier alpha value is -0.120. The molecular weight excluding hydrogens is 214 g/mol. The van der Waals surface area contributed by atoms with E-state index in [1.54, 1.807) is 0 Å². The van der Waals surface area contributed by atoms with Crippen LogP contribution in [0.25, 0.3) is 0 Å². The molecule has 0 amide bonds. The highest BCUT2D eigenvalue weighted by Crippen LogP contribution is 2.39. The zero-order valence-corrected chi connectivity index (χ0v) is 11.1. The molecule has 3 heteroatoms. The summed E-state index contributed by atoms with van der Waals surface area (Å²) in [7, 11) is 0. The highest BCUT2D eigenvalue weighted by molar-refractivity contribution is 4.88. The van der Waals surface area contributed by atoms with Gasteiger partial charge in [0.15, 0.2) is 0 Å². The molecule has 0 spiro atoms. The molecule has 2 fully saturated rings. The number of piperidine rings is 1. The zero-order chi connectivity index (χ0) is 12.3. The van der Waals surface area contributed by atoms with Crippen molar-refractivity contribution >= 4 is 0 Å². The lowest BCUT2D eigenvalue weighted by Gasteiger charge is -2.43. The fraction of sp³-hybridized carbons (Fsp3) is 1.00. The zero-order valence-electron chi connectivity index (χ0n) is 11.1. The van der Waals surface area contributed by atoms with Crippen LogP contribution in [-0.4, -0.2) is 47.5 Å². The van der Waals surface area contributed by atoms with E-state index in [-0.39, 0.29) is 11.5 Å². The summed E-state index contributed by atoms with van der Waals surface area (Å²) in [5.41, 5.74) is 0.148. The van der Waals surface area contributed by atoms with Gasteiger partial charge in [0.2, 0.25) is 0 Å². The van der Waals surface area contributed by atoms with Crippen LogP contribution < -0.4 is 0 Å². The molecule has 2 aliphatic rings. The molecule has 0 bridgehead atoms. The van der Waals surface area contributed by atoms with Gasteiger partial charge >= 0.3 is 0 Å². The predicted octanol–water partition coefficient (Wildman–Crippen LogP) is 1.63. The lowest BCUT2D eigenvalue weighted by molar-refractivity contribution is 0.00618. The first kappa shape index (κ1) is 13.3. The number of rotatable bonds is 3. The smallest absolute Gasteiger partial charge is 0.0564 e. The Morgan fingerprint density at radius 1 is 1.12 bits per heavy atom. The van der Waals surface area contributed by atoms with Crippen LogP contribution in [0.5, 0.6) is 0 Å². The van der Waals surface area contributed by atoms with Crippen molar-refractivity contribution in [1.29, 1.82) is 0 Å². The second-order valence-electron chi connectivity index (χ2n) is 6.35. The van der Waals surface area contributed by atoms with Gasteiger partial charge in [0.05, 0.1) is 6.10 Å². The summed E-state index contributed by atoms with van der Waals surface area (Å²) in [6, 6.07) is 0. The highest BCUT2D eigenvalue weighted by Gasteiger charge is 2.35. The van der Waals surface area contributed by atoms with Crippen molar-refractivity contribution in [3.8, 4) is 0 Å². The standard InChI is InChI=1S/C14H27NO2/c1-12-2-6-14(11-16,7-3-12)10-15-8-4-13(17)5-9-15/h12-13,16-17H,2-11H2,1H3. The number of hydrogen-bond acceptors (Lipinski definition) is 3. The molecule has 100 valence electrons. The third-order valence-corrected chi connectivity index (χ3v) is 4.79. The Balaban J connectivity index is 1.86. The van der Waals surface area contributed by atoms with Gasteiger partial charge in [0.1, 0.15) is 0 Å². The van der Waals surface area contributed by atoms with E-state index >= 15 is 0 Å². The molecule has 2 N–H and O–H groups in total. The Morgan fingerprint density at radius 2 is 1.71 bits per heavy atom. The summed E-state index contributed by atoms with van der Waals surface area (Å²) >= 11 is 0. The molecule has 0 atom stereocenters. The summed E-state index contributed by atoms with van der Waals surface area (Å²) in [4.78, 5) is 2.44. The molecule has 1 aliphatic carbocycles. The maximum Gasteiger partial charge on any atom is 0.0564 e. The molecule has 1 saturated heterocycles. The van der Waals surface area contributed by atoms with Crippen molar-refractivity contribution in [1.82, 2.24) is 4.90 Å². The average Bonchev–Trinajstić information content (AvgIpc) is 2.35. The van der Waals surface area contributed by atoms with E-state index in [1.807, 2.05) is 0 Å². The fourth-order valence-electron chi connectivity index (χ4n) is 3.29. The van der Waals surface area contributed by atoms with Gasteiger partial charge in [0, 0.05) is 31.7 Å². The largest absolute Gasteiger partial charge is 0.396 e. The number of likely N-dealkylation sites (tertiary alicyclic amines) is 1. The summed E-state index contributed by atoms with van der Waals surface area (Å²) < 4.78 is 0. The van der Waals surface area contributed by atoms with Crippen LogP contribution in [0, 0.1) is 11.3 Å². The minimum atomic E-state index is -0.0947. The van der Waals surface area contributed by atoms with E-state index < -0.39 is 0 Å². The van der Waals surface area contributed by atoms with Crippen molar-refractivity contribution in [3.63, 3.8) is 0 Å². The maximum atomic E-state index is 9.73. The van der Waals surface area contributed by atoms with Crippen LogP contribution in [0.1, 0.15) is 45.4 Å².